The number of nitriles is 1. The van der Waals surface area contributed by atoms with Gasteiger partial charge in [-0.1, -0.05) is 26.8 Å². The van der Waals surface area contributed by atoms with Crippen LogP contribution in [-0.4, -0.2) is 4.98 Å². The number of nitrogens with zero attached hydrogens (tertiary/aromatic N) is 2. The lowest BCUT2D eigenvalue weighted by Gasteiger charge is -2.23. The first-order valence-electron chi connectivity index (χ1n) is 4.88. The zero-order chi connectivity index (χ0) is 10.8. The molecule has 14 heavy (non-hydrogen) atoms. The topological polar surface area (TPSA) is 36.7 Å². The number of rotatable bonds is 2. The van der Waals surface area contributed by atoms with Crippen molar-refractivity contribution in [3.8, 4) is 6.07 Å². The highest BCUT2D eigenvalue weighted by Gasteiger charge is 2.18. The maximum absolute atomic E-state index is 8.76. The third-order valence-electron chi connectivity index (χ3n) is 2.85. The maximum Gasteiger partial charge on any atom is 0.143 e. The van der Waals surface area contributed by atoms with E-state index < -0.39 is 0 Å². The molecule has 0 fully saturated rings. The number of pyridine rings is 1. The van der Waals surface area contributed by atoms with E-state index in [1.54, 1.807) is 0 Å². The Morgan fingerprint density at radius 2 is 2.14 bits per heavy atom. The van der Waals surface area contributed by atoms with Crippen LogP contribution in [0.25, 0.3) is 0 Å². The Hall–Kier alpha value is -1.36. The highest BCUT2D eigenvalue weighted by Crippen LogP contribution is 2.26. The molecule has 1 rings (SSSR count). The van der Waals surface area contributed by atoms with Crippen molar-refractivity contribution in [3.63, 3.8) is 0 Å². The third-order valence-corrected chi connectivity index (χ3v) is 2.85. The Labute approximate surface area is 85.6 Å². The fourth-order valence-electron chi connectivity index (χ4n) is 1.27. The van der Waals surface area contributed by atoms with Gasteiger partial charge in [-0.05, 0) is 29.9 Å². The van der Waals surface area contributed by atoms with Gasteiger partial charge in [0.05, 0.1) is 0 Å². The van der Waals surface area contributed by atoms with Crippen molar-refractivity contribution in [2.24, 2.45) is 0 Å². The van der Waals surface area contributed by atoms with E-state index in [1.807, 2.05) is 13.1 Å². The zero-order valence-corrected chi connectivity index (χ0v) is 9.26. The SMILES string of the molecule is CCC(C)(C)c1cnc(C#N)c(C)c1. The van der Waals surface area contributed by atoms with E-state index in [4.69, 9.17) is 5.26 Å². The lowest BCUT2D eigenvalue weighted by Crippen LogP contribution is -2.16. The minimum absolute atomic E-state index is 0.145. The molecule has 1 aromatic rings. The van der Waals surface area contributed by atoms with Crippen molar-refractivity contribution in [2.75, 3.05) is 0 Å². The van der Waals surface area contributed by atoms with Crippen molar-refractivity contribution in [2.45, 2.75) is 39.5 Å². The molecular weight excluding hydrogens is 172 g/mol. The average Bonchev–Trinajstić information content (AvgIpc) is 2.17. The molecule has 0 saturated carbocycles. The number of aromatic nitrogens is 1. The molecule has 0 radical (unpaired) electrons. The quantitative estimate of drug-likeness (QED) is 0.715. The molecule has 2 nitrogen and oxygen atoms in total. The third kappa shape index (κ3) is 1.93. The van der Waals surface area contributed by atoms with Gasteiger partial charge in [0.25, 0.3) is 0 Å². The first kappa shape index (κ1) is 10.7. The Bertz CT molecular complexity index is 372. The van der Waals surface area contributed by atoms with Crippen LogP contribution in [0.1, 0.15) is 44.0 Å². The first-order chi connectivity index (χ1) is 6.51. The molecule has 0 aromatic carbocycles. The molecule has 0 aliphatic carbocycles. The van der Waals surface area contributed by atoms with Gasteiger partial charge in [-0.3, -0.25) is 0 Å². The van der Waals surface area contributed by atoms with Crippen LogP contribution < -0.4 is 0 Å². The normalized spacial score (nSPS) is 11.1. The van der Waals surface area contributed by atoms with Crippen molar-refractivity contribution in [3.05, 3.63) is 29.1 Å². The van der Waals surface area contributed by atoms with Crippen LogP contribution >= 0.6 is 0 Å². The highest BCUT2D eigenvalue weighted by atomic mass is 14.7. The van der Waals surface area contributed by atoms with Crippen molar-refractivity contribution in [1.82, 2.24) is 4.98 Å². The molecule has 0 aliphatic heterocycles. The lowest BCUT2D eigenvalue weighted by atomic mass is 9.82. The van der Waals surface area contributed by atoms with Gasteiger partial charge in [0, 0.05) is 6.20 Å². The molecule has 0 amide bonds. The zero-order valence-electron chi connectivity index (χ0n) is 9.26. The van der Waals surface area contributed by atoms with Crippen molar-refractivity contribution < 1.29 is 0 Å². The second-order valence-electron chi connectivity index (χ2n) is 4.24. The van der Waals surface area contributed by atoms with Crippen LogP contribution in [0.4, 0.5) is 0 Å². The fourth-order valence-corrected chi connectivity index (χ4v) is 1.27. The van der Waals surface area contributed by atoms with E-state index in [9.17, 15) is 0 Å². The van der Waals surface area contributed by atoms with Crippen LogP contribution in [0.15, 0.2) is 12.3 Å². The lowest BCUT2D eigenvalue weighted by molar-refractivity contribution is 0.504. The van der Waals surface area contributed by atoms with E-state index in [2.05, 4.69) is 37.9 Å². The predicted octanol–water partition coefficient (Wildman–Crippen LogP) is 2.95. The Morgan fingerprint density at radius 3 is 2.57 bits per heavy atom. The van der Waals surface area contributed by atoms with Crippen LogP contribution in [0.3, 0.4) is 0 Å². The molecule has 0 saturated heterocycles. The van der Waals surface area contributed by atoms with E-state index in [-0.39, 0.29) is 5.41 Å². The summed E-state index contributed by atoms with van der Waals surface area (Å²) in [6.45, 7) is 8.47. The molecular formula is C12H16N2. The summed E-state index contributed by atoms with van der Waals surface area (Å²) in [4.78, 5) is 4.15. The van der Waals surface area contributed by atoms with Crippen molar-refractivity contribution in [1.29, 1.82) is 5.26 Å². The van der Waals surface area contributed by atoms with Gasteiger partial charge in [-0.15, -0.1) is 0 Å². The van der Waals surface area contributed by atoms with E-state index >= 15 is 0 Å². The van der Waals surface area contributed by atoms with Crippen LogP contribution in [0.5, 0.6) is 0 Å². The molecule has 74 valence electrons. The smallest absolute Gasteiger partial charge is 0.143 e. The summed E-state index contributed by atoms with van der Waals surface area (Å²) in [6.07, 6.45) is 2.88. The summed E-state index contributed by atoms with van der Waals surface area (Å²) >= 11 is 0. The molecule has 0 spiro atoms. The number of hydrogen-bond donors (Lipinski definition) is 0. The molecule has 0 atom stereocenters. The predicted molar refractivity (Wildman–Crippen MR) is 57.0 cm³/mol. The van der Waals surface area contributed by atoms with Crippen LogP contribution in [-0.2, 0) is 5.41 Å². The second-order valence-corrected chi connectivity index (χ2v) is 4.24. The van der Waals surface area contributed by atoms with Crippen molar-refractivity contribution >= 4 is 0 Å². The summed E-state index contributed by atoms with van der Waals surface area (Å²) in [6, 6.07) is 4.15. The van der Waals surface area contributed by atoms with Gasteiger partial charge < -0.3 is 0 Å². The summed E-state index contributed by atoms with van der Waals surface area (Å²) < 4.78 is 0. The van der Waals surface area contributed by atoms with E-state index in [0.717, 1.165) is 12.0 Å². The Balaban J connectivity index is 3.17. The number of hydrogen-bond acceptors (Lipinski definition) is 2. The molecule has 0 N–H and O–H groups in total. The molecule has 1 aromatic heterocycles. The maximum atomic E-state index is 8.76. The first-order valence-corrected chi connectivity index (χ1v) is 4.88. The van der Waals surface area contributed by atoms with Gasteiger partial charge in [0.1, 0.15) is 11.8 Å². The monoisotopic (exact) mass is 188 g/mol. The summed E-state index contributed by atoms with van der Waals surface area (Å²) in [5, 5.41) is 8.76. The molecule has 2 heteroatoms. The minimum Gasteiger partial charge on any atom is -0.245 e. The summed E-state index contributed by atoms with van der Waals surface area (Å²) in [5.74, 6) is 0. The summed E-state index contributed by atoms with van der Waals surface area (Å²) in [5.41, 5.74) is 2.84. The second kappa shape index (κ2) is 3.79. The van der Waals surface area contributed by atoms with E-state index in [0.29, 0.717) is 5.69 Å². The fraction of sp³-hybridized carbons (Fsp3) is 0.500. The van der Waals surface area contributed by atoms with Gasteiger partial charge in [0.15, 0.2) is 0 Å². The van der Waals surface area contributed by atoms with Crippen LogP contribution in [0.2, 0.25) is 0 Å². The Morgan fingerprint density at radius 1 is 1.50 bits per heavy atom. The van der Waals surface area contributed by atoms with Gasteiger partial charge in [-0.2, -0.15) is 5.26 Å². The summed E-state index contributed by atoms with van der Waals surface area (Å²) in [7, 11) is 0. The minimum atomic E-state index is 0.145. The van der Waals surface area contributed by atoms with Gasteiger partial charge >= 0.3 is 0 Å². The number of aryl methyl sites for hydroxylation is 1. The largest absolute Gasteiger partial charge is 0.245 e. The van der Waals surface area contributed by atoms with Gasteiger partial charge in [-0.25, -0.2) is 4.98 Å². The average molecular weight is 188 g/mol. The molecule has 0 unspecified atom stereocenters. The van der Waals surface area contributed by atoms with Gasteiger partial charge in [0.2, 0.25) is 0 Å². The van der Waals surface area contributed by atoms with Crippen LogP contribution in [0, 0.1) is 18.3 Å². The molecule has 0 bridgehead atoms. The standard InChI is InChI=1S/C12H16N2/c1-5-12(3,4)10-6-9(2)11(7-13)14-8-10/h6,8H,5H2,1-4H3. The molecule has 1 heterocycles. The molecule has 0 aliphatic rings. The highest BCUT2D eigenvalue weighted by molar-refractivity contribution is 5.34. The van der Waals surface area contributed by atoms with E-state index in [1.165, 1.54) is 5.56 Å². The Kier molecular flexibility index (Phi) is 2.90.